The van der Waals surface area contributed by atoms with E-state index in [-0.39, 0.29) is 5.91 Å². The lowest BCUT2D eigenvalue weighted by Crippen LogP contribution is -2.31. The monoisotopic (exact) mass is 348 g/mol. The van der Waals surface area contributed by atoms with Crippen LogP contribution < -0.4 is 10.6 Å². The van der Waals surface area contributed by atoms with E-state index in [0.29, 0.717) is 12.5 Å². The normalized spacial score (nSPS) is 13.2. The van der Waals surface area contributed by atoms with Gasteiger partial charge in [-0.05, 0) is 30.5 Å². The SMILES string of the molecule is CCCNc1ncc(-c2nccn2-c2ccc3c(c2)C(=O)NCC3)cn1. The molecule has 0 saturated carbocycles. The molecule has 0 spiro atoms. The van der Waals surface area contributed by atoms with Crippen LogP contribution in [0.3, 0.4) is 0 Å². The van der Waals surface area contributed by atoms with Crippen molar-refractivity contribution >= 4 is 11.9 Å². The van der Waals surface area contributed by atoms with Gasteiger partial charge in [-0.3, -0.25) is 9.36 Å². The maximum Gasteiger partial charge on any atom is 0.251 e. The first kappa shape index (κ1) is 16.3. The molecule has 1 amide bonds. The number of hydrogen-bond donors (Lipinski definition) is 2. The molecule has 0 aliphatic carbocycles. The first-order valence-electron chi connectivity index (χ1n) is 8.77. The van der Waals surface area contributed by atoms with E-state index < -0.39 is 0 Å². The van der Waals surface area contributed by atoms with Crippen molar-refractivity contribution in [2.75, 3.05) is 18.4 Å². The lowest BCUT2D eigenvalue weighted by molar-refractivity contribution is 0.0946. The molecule has 0 bridgehead atoms. The molecule has 1 aliphatic rings. The number of fused-ring (bicyclic) bond motifs is 1. The average Bonchev–Trinajstić information content (AvgIpc) is 3.17. The Morgan fingerprint density at radius 2 is 2.08 bits per heavy atom. The third-order valence-electron chi connectivity index (χ3n) is 4.38. The third-order valence-corrected chi connectivity index (χ3v) is 4.38. The van der Waals surface area contributed by atoms with Crippen LogP contribution in [0.5, 0.6) is 0 Å². The molecule has 0 atom stereocenters. The van der Waals surface area contributed by atoms with Gasteiger partial charge in [-0.15, -0.1) is 0 Å². The van der Waals surface area contributed by atoms with Gasteiger partial charge in [0.1, 0.15) is 5.82 Å². The Hall–Kier alpha value is -3.22. The van der Waals surface area contributed by atoms with Crippen LogP contribution in [0.25, 0.3) is 17.1 Å². The second-order valence-corrected chi connectivity index (χ2v) is 6.19. The molecule has 4 rings (SSSR count). The minimum Gasteiger partial charge on any atom is -0.354 e. The molecule has 3 aromatic rings. The molecule has 26 heavy (non-hydrogen) atoms. The van der Waals surface area contributed by atoms with Crippen molar-refractivity contribution in [3.05, 3.63) is 54.1 Å². The Morgan fingerprint density at radius 1 is 1.23 bits per heavy atom. The summed E-state index contributed by atoms with van der Waals surface area (Å²) in [7, 11) is 0. The molecule has 7 nitrogen and oxygen atoms in total. The van der Waals surface area contributed by atoms with Crippen LogP contribution in [-0.2, 0) is 6.42 Å². The molecule has 2 aromatic heterocycles. The molecule has 2 N–H and O–H groups in total. The highest BCUT2D eigenvalue weighted by atomic mass is 16.1. The second-order valence-electron chi connectivity index (χ2n) is 6.19. The molecule has 0 saturated heterocycles. The van der Waals surface area contributed by atoms with Crippen molar-refractivity contribution in [2.45, 2.75) is 19.8 Å². The van der Waals surface area contributed by atoms with E-state index in [1.165, 1.54) is 0 Å². The van der Waals surface area contributed by atoms with E-state index in [1.807, 2.05) is 29.0 Å². The zero-order chi connectivity index (χ0) is 17.9. The summed E-state index contributed by atoms with van der Waals surface area (Å²) in [6, 6.07) is 5.94. The fraction of sp³-hybridized carbons (Fsp3) is 0.263. The number of hydrogen-bond acceptors (Lipinski definition) is 5. The summed E-state index contributed by atoms with van der Waals surface area (Å²) in [5.74, 6) is 1.33. The summed E-state index contributed by atoms with van der Waals surface area (Å²) in [4.78, 5) is 25.3. The van der Waals surface area contributed by atoms with Crippen LogP contribution in [-0.4, -0.2) is 38.5 Å². The molecular formula is C19H20N6O. The molecule has 7 heteroatoms. The van der Waals surface area contributed by atoms with Crippen molar-refractivity contribution in [3.8, 4) is 17.1 Å². The van der Waals surface area contributed by atoms with E-state index in [0.717, 1.165) is 47.6 Å². The summed E-state index contributed by atoms with van der Waals surface area (Å²) in [5.41, 5.74) is 3.51. The van der Waals surface area contributed by atoms with Gasteiger partial charge in [0.05, 0.1) is 5.56 Å². The zero-order valence-corrected chi connectivity index (χ0v) is 14.6. The fourth-order valence-corrected chi connectivity index (χ4v) is 3.05. The van der Waals surface area contributed by atoms with Crippen molar-refractivity contribution in [2.24, 2.45) is 0 Å². The number of nitrogens with one attached hydrogen (secondary N) is 2. The number of benzene rings is 1. The third kappa shape index (κ3) is 3.03. The molecule has 1 aliphatic heterocycles. The highest BCUT2D eigenvalue weighted by Gasteiger charge is 2.18. The number of imidazole rings is 1. The number of carbonyl (C=O) groups is 1. The lowest BCUT2D eigenvalue weighted by atomic mass is 10.00. The van der Waals surface area contributed by atoms with Crippen molar-refractivity contribution in [3.63, 3.8) is 0 Å². The predicted octanol–water partition coefficient (Wildman–Crippen LogP) is 2.44. The molecule has 132 valence electrons. The van der Waals surface area contributed by atoms with Gasteiger partial charge in [0, 0.05) is 49.1 Å². The number of carbonyl (C=O) groups excluding carboxylic acids is 1. The molecular weight excluding hydrogens is 328 g/mol. The Kier molecular flexibility index (Phi) is 4.35. The van der Waals surface area contributed by atoms with Gasteiger partial charge < -0.3 is 10.6 Å². The van der Waals surface area contributed by atoms with Crippen LogP contribution in [0, 0.1) is 0 Å². The van der Waals surface area contributed by atoms with E-state index >= 15 is 0 Å². The maximum absolute atomic E-state index is 12.1. The number of aromatic nitrogens is 4. The Morgan fingerprint density at radius 3 is 2.88 bits per heavy atom. The number of amides is 1. The van der Waals surface area contributed by atoms with E-state index in [4.69, 9.17) is 0 Å². The molecule has 3 heterocycles. The zero-order valence-electron chi connectivity index (χ0n) is 14.6. The summed E-state index contributed by atoms with van der Waals surface area (Å²) in [5, 5.41) is 6.05. The standard InChI is InChI=1S/C19H20N6O/c1-2-6-22-19-23-11-14(12-24-19)17-20-8-9-25(17)15-4-3-13-5-7-21-18(26)16(13)10-15/h3-4,8-12H,2,5-7H2,1H3,(H,21,26)(H,22,23,24). The second kappa shape index (κ2) is 6.95. The number of rotatable bonds is 5. The first-order valence-corrected chi connectivity index (χ1v) is 8.77. The fourth-order valence-electron chi connectivity index (χ4n) is 3.05. The summed E-state index contributed by atoms with van der Waals surface area (Å²) >= 11 is 0. The van der Waals surface area contributed by atoms with Gasteiger partial charge in [-0.25, -0.2) is 15.0 Å². The van der Waals surface area contributed by atoms with E-state index in [1.54, 1.807) is 18.6 Å². The van der Waals surface area contributed by atoms with Gasteiger partial charge in [0.15, 0.2) is 0 Å². The topological polar surface area (TPSA) is 84.7 Å². The summed E-state index contributed by atoms with van der Waals surface area (Å²) in [6.07, 6.45) is 9.00. The largest absolute Gasteiger partial charge is 0.354 e. The van der Waals surface area contributed by atoms with E-state index in [9.17, 15) is 4.79 Å². The summed E-state index contributed by atoms with van der Waals surface area (Å²) in [6.45, 7) is 3.62. The number of anilines is 1. The van der Waals surface area contributed by atoms with Crippen LogP contribution in [0.15, 0.2) is 43.0 Å². The summed E-state index contributed by atoms with van der Waals surface area (Å²) < 4.78 is 1.94. The van der Waals surface area contributed by atoms with Gasteiger partial charge in [0.25, 0.3) is 5.91 Å². The smallest absolute Gasteiger partial charge is 0.251 e. The van der Waals surface area contributed by atoms with Crippen molar-refractivity contribution in [1.82, 2.24) is 24.8 Å². The van der Waals surface area contributed by atoms with Gasteiger partial charge in [0.2, 0.25) is 5.95 Å². The van der Waals surface area contributed by atoms with Gasteiger partial charge >= 0.3 is 0 Å². The highest BCUT2D eigenvalue weighted by molar-refractivity contribution is 5.97. The first-order chi connectivity index (χ1) is 12.8. The maximum atomic E-state index is 12.1. The molecule has 0 unspecified atom stereocenters. The Labute approximate surface area is 151 Å². The average molecular weight is 348 g/mol. The van der Waals surface area contributed by atoms with Crippen LogP contribution in [0.2, 0.25) is 0 Å². The highest BCUT2D eigenvalue weighted by Crippen LogP contribution is 2.24. The van der Waals surface area contributed by atoms with Crippen molar-refractivity contribution < 1.29 is 4.79 Å². The van der Waals surface area contributed by atoms with Gasteiger partial charge in [-0.1, -0.05) is 13.0 Å². The van der Waals surface area contributed by atoms with Crippen LogP contribution in [0.4, 0.5) is 5.95 Å². The van der Waals surface area contributed by atoms with Gasteiger partial charge in [-0.2, -0.15) is 0 Å². The van der Waals surface area contributed by atoms with Crippen molar-refractivity contribution in [1.29, 1.82) is 0 Å². The molecule has 0 fully saturated rings. The predicted molar refractivity (Wildman–Crippen MR) is 99.4 cm³/mol. The Balaban J connectivity index is 1.67. The lowest BCUT2D eigenvalue weighted by Gasteiger charge is -2.18. The Bertz CT molecular complexity index is 931. The molecule has 1 aromatic carbocycles. The van der Waals surface area contributed by atoms with Crippen LogP contribution in [0.1, 0.15) is 29.3 Å². The molecule has 0 radical (unpaired) electrons. The quantitative estimate of drug-likeness (QED) is 0.740. The van der Waals surface area contributed by atoms with E-state index in [2.05, 4.69) is 32.5 Å². The minimum atomic E-state index is -0.0237. The minimum absolute atomic E-state index is 0.0237. The number of nitrogens with zero attached hydrogens (tertiary/aromatic N) is 4. The van der Waals surface area contributed by atoms with Crippen LogP contribution >= 0.6 is 0 Å².